The van der Waals surface area contributed by atoms with Crippen LogP contribution in [-0.2, 0) is 9.53 Å². The van der Waals surface area contributed by atoms with Gasteiger partial charge in [0.15, 0.2) is 0 Å². The number of hydrogen-bond acceptors (Lipinski definition) is 3. The first-order chi connectivity index (χ1) is 7.28. The van der Waals surface area contributed by atoms with Gasteiger partial charge in [-0.1, -0.05) is 20.8 Å². The Morgan fingerprint density at radius 3 is 2.31 bits per heavy atom. The van der Waals surface area contributed by atoms with Crippen LogP contribution in [0.5, 0.6) is 0 Å². The van der Waals surface area contributed by atoms with Gasteiger partial charge in [0.1, 0.15) is 5.78 Å². The maximum absolute atomic E-state index is 11.3. The SMILES string of the molecule is COC(=O)NC(CC(=O)CCl)CC(C)(C)C. The molecule has 4 nitrogen and oxygen atoms in total. The Labute approximate surface area is 102 Å². The number of ketones is 1. The van der Waals surface area contributed by atoms with Gasteiger partial charge in [-0.3, -0.25) is 4.79 Å². The van der Waals surface area contributed by atoms with E-state index < -0.39 is 6.09 Å². The molecule has 0 rings (SSSR count). The fourth-order valence-corrected chi connectivity index (χ4v) is 1.58. The number of hydrogen-bond donors (Lipinski definition) is 1. The highest BCUT2D eigenvalue weighted by atomic mass is 35.5. The van der Waals surface area contributed by atoms with Crippen molar-refractivity contribution < 1.29 is 14.3 Å². The summed E-state index contributed by atoms with van der Waals surface area (Å²) in [6.07, 6.45) is 0.428. The molecule has 0 aromatic carbocycles. The molecule has 0 saturated heterocycles. The highest BCUT2D eigenvalue weighted by Crippen LogP contribution is 2.22. The van der Waals surface area contributed by atoms with Crippen LogP contribution < -0.4 is 5.32 Å². The van der Waals surface area contributed by atoms with Crippen LogP contribution in [0.3, 0.4) is 0 Å². The molecule has 0 saturated carbocycles. The molecule has 0 heterocycles. The number of nitrogens with one attached hydrogen (secondary N) is 1. The second-order valence-electron chi connectivity index (χ2n) is 4.97. The standard InChI is InChI=1S/C11H20ClNO3/c1-11(2,3)6-8(5-9(14)7-12)13-10(15)16-4/h8H,5-7H2,1-4H3,(H,13,15). The minimum Gasteiger partial charge on any atom is -0.453 e. The van der Waals surface area contributed by atoms with Gasteiger partial charge in [0.05, 0.1) is 13.0 Å². The highest BCUT2D eigenvalue weighted by molar-refractivity contribution is 6.27. The molecule has 0 bridgehead atoms. The summed E-state index contributed by atoms with van der Waals surface area (Å²) in [4.78, 5) is 22.4. The second-order valence-corrected chi connectivity index (χ2v) is 5.24. The zero-order valence-electron chi connectivity index (χ0n) is 10.3. The molecular formula is C11H20ClNO3. The number of methoxy groups -OCH3 is 1. The summed E-state index contributed by atoms with van der Waals surface area (Å²) in [5.74, 6) is -0.101. The van der Waals surface area contributed by atoms with Crippen molar-refractivity contribution >= 4 is 23.5 Å². The molecule has 1 N–H and O–H groups in total. The number of amides is 1. The largest absolute Gasteiger partial charge is 0.453 e. The van der Waals surface area contributed by atoms with Crippen molar-refractivity contribution in [1.82, 2.24) is 5.32 Å². The smallest absolute Gasteiger partial charge is 0.407 e. The van der Waals surface area contributed by atoms with Gasteiger partial charge in [0.25, 0.3) is 0 Å². The van der Waals surface area contributed by atoms with Gasteiger partial charge < -0.3 is 10.1 Å². The van der Waals surface area contributed by atoms with Crippen molar-refractivity contribution in [2.24, 2.45) is 5.41 Å². The van der Waals surface area contributed by atoms with E-state index in [1.54, 1.807) is 0 Å². The van der Waals surface area contributed by atoms with E-state index in [0.29, 0.717) is 6.42 Å². The first kappa shape index (κ1) is 15.2. The number of alkyl carbamates (subject to hydrolysis) is 1. The van der Waals surface area contributed by atoms with Crippen molar-refractivity contribution in [2.45, 2.75) is 39.7 Å². The van der Waals surface area contributed by atoms with Gasteiger partial charge in [-0.2, -0.15) is 0 Å². The van der Waals surface area contributed by atoms with Gasteiger partial charge in [0, 0.05) is 12.5 Å². The van der Waals surface area contributed by atoms with Gasteiger partial charge in [-0.15, -0.1) is 11.6 Å². The van der Waals surface area contributed by atoms with E-state index in [4.69, 9.17) is 11.6 Å². The molecule has 0 aliphatic rings. The number of Topliss-reactive ketones (excluding diaryl/α,β-unsaturated/α-hetero) is 1. The lowest BCUT2D eigenvalue weighted by atomic mass is 9.86. The molecule has 5 heteroatoms. The van der Waals surface area contributed by atoms with E-state index in [9.17, 15) is 9.59 Å². The molecule has 0 aliphatic heterocycles. The van der Waals surface area contributed by atoms with Crippen molar-refractivity contribution in [3.8, 4) is 0 Å². The first-order valence-electron chi connectivity index (χ1n) is 5.20. The number of halogens is 1. The number of carbonyl (C=O) groups is 2. The monoisotopic (exact) mass is 249 g/mol. The average Bonchev–Trinajstić information content (AvgIpc) is 2.14. The average molecular weight is 250 g/mol. The zero-order valence-corrected chi connectivity index (χ0v) is 11.1. The van der Waals surface area contributed by atoms with E-state index in [1.807, 2.05) is 20.8 Å². The molecule has 0 radical (unpaired) electrons. The Bertz CT molecular complexity index is 230. The molecule has 1 unspecified atom stereocenters. The Kier molecular flexibility index (Phi) is 6.41. The molecule has 1 atom stereocenters. The van der Waals surface area contributed by atoms with Gasteiger partial charge in [-0.25, -0.2) is 4.79 Å². The molecule has 0 aromatic rings. The van der Waals surface area contributed by atoms with Gasteiger partial charge in [0.2, 0.25) is 0 Å². The first-order valence-corrected chi connectivity index (χ1v) is 5.74. The van der Waals surface area contributed by atoms with Crippen LogP contribution in [0, 0.1) is 5.41 Å². The van der Waals surface area contributed by atoms with E-state index in [-0.39, 0.29) is 29.5 Å². The molecule has 0 fully saturated rings. The maximum atomic E-state index is 11.3. The lowest BCUT2D eigenvalue weighted by molar-refractivity contribution is -0.117. The third-order valence-corrected chi connectivity index (χ3v) is 2.29. The van der Waals surface area contributed by atoms with Crippen LogP contribution in [0.25, 0.3) is 0 Å². The van der Waals surface area contributed by atoms with E-state index in [0.717, 1.165) is 0 Å². The fraction of sp³-hybridized carbons (Fsp3) is 0.818. The maximum Gasteiger partial charge on any atom is 0.407 e. The summed E-state index contributed by atoms with van der Waals surface area (Å²) in [5.41, 5.74) is 0.0261. The summed E-state index contributed by atoms with van der Waals surface area (Å²) in [7, 11) is 1.30. The molecule has 1 amide bonds. The van der Waals surface area contributed by atoms with E-state index in [1.165, 1.54) is 7.11 Å². The summed E-state index contributed by atoms with van der Waals surface area (Å²) in [6.45, 7) is 6.14. The Balaban J connectivity index is 4.38. The van der Waals surface area contributed by atoms with Gasteiger partial charge >= 0.3 is 6.09 Å². The quantitative estimate of drug-likeness (QED) is 0.761. The number of alkyl halides is 1. The third kappa shape index (κ3) is 7.51. The predicted molar refractivity (Wildman–Crippen MR) is 63.7 cm³/mol. The van der Waals surface area contributed by atoms with Crippen molar-refractivity contribution in [1.29, 1.82) is 0 Å². The van der Waals surface area contributed by atoms with Crippen molar-refractivity contribution in [2.75, 3.05) is 13.0 Å². The number of carbonyl (C=O) groups excluding carboxylic acids is 2. The van der Waals surface area contributed by atoms with Crippen LogP contribution in [-0.4, -0.2) is 30.9 Å². The highest BCUT2D eigenvalue weighted by Gasteiger charge is 2.22. The Hall–Kier alpha value is -0.770. The molecular weight excluding hydrogens is 230 g/mol. The lowest BCUT2D eigenvalue weighted by Gasteiger charge is -2.25. The Morgan fingerprint density at radius 1 is 1.38 bits per heavy atom. The van der Waals surface area contributed by atoms with Crippen LogP contribution in [0.2, 0.25) is 0 Å². The van der Waals surface area contributed by atoms with Crippen LogP contribution in [0.4, 0.5) is 4.79 Å². The molecule has 0 aliphatic carbocycles. The second kappa shape index (κ2) is 6.74. The number of rotatable bonds is 5. The minimum absolute atomic E-state index is 0.0243. The molecule has 16 heavy (non-hydrogen) atoms. The van der Waals surface area contributed by atoms with Crippen LogP contribution in [0.1, 0.15) is 33.6 Å². The van der Waals surface area contributed by atoms with Gasteiger partial charge in [-0.05, 0) is 11.8 Å². The van der Waals surface area contributed by atoms with E-state index in [2.05, 4.69) is 10.1 Å². The normalized spacial score (nSPS) is 13.1. The fourth-order valence-electron chi connectivity index (χ4n) is 1.47. The zero-order chi connectivity index (χ0) is 12.8. The Morgan fingerprint density at radius 2 is 1.94 bits per heavy atom. The predicted octanol–water partition coefficient (Wildman–Crippen LogP) is 2.35. The summed E-state index contributed by atoms with van der Waals surface area (Å²) in [6, 6.07) is -0.223. The topological polar surface area (TPSA) is 55.4 Å². The summed E-state index contributed by atoms with van der Waals surface area (Å²) >= 11 is 5.44. The van der Waals surface area contributed by atoms with Crippen LogP contribution in [0.15, 0.2) is 0 Å². The van der Waals surface area contributed by atoms with Crippen LogP contribution >= 0.6 is 11.6 Å². The molecule has 0 aromatic heterocycles. The molecule has 0 spiro atoms. The van der Waals surface area contributed by atoms with E-state index >= 15 is 0 Å². The lowest BCUT2D eigenvalue weighted by Crippen LogP contribution is -2.39. The molecule has 94 valence electrons. The minimum atomic E-state index is -0.517. The third-order valence-electron chi connectivity index (χ3n) is 1.99. The number of ether oxygens (including phenoxy) is 1. The van der Waals surface area contributed by atoms with Crippen molar-refractivity contribution in [3.05, 3.63) is 0 Å². The summed E-state index contributed by atoms with van der Waals surface area (Å²) in [5, 5.41) is 2.65. The summed E-state index contributed by atoms with van der Waals surface area (Å²) < 4.78 is 4.52. The van der Waals surface area contributed by atoms with Crippen molar-refractivity contribution in [3.63, 3.8) is 0 Å².